The van der Waals surface area contributed by atoms with E-state index in [2.05, 4.69) is 45.0 Å². The summed E-state index contributed by atoms with van der Waals surface area (Å²) >= 11 is 5.95. The number of hydrogen-bond donors (Lipinski definition) is 0. The van der Waals surface area contributed by atoms with Gasteiger partial charge in [0, 0.05) is 5.88 Å². The molecule has 0 aliphatic heterocycles. The Kier molecular flexibility index (Phi) is 3.80. The van der Waals surface area contributed by atoms with Crippen LogP contribution in [0.5, 0.6) is 0 Å². The first-order chi connectivity index (χ1) is 6.15. The molecule has 0 fully saturated rings. The van der Waals surface area contributed by atoms with Gasteiger partial charge in [0.15, 0.2) is 0 Å². The summed E-state index contributed by atoms with van der Waals surface area (Å²) in [5.74, 6) is 1.81. The molecule has 1 aromatic rings. The fraction of sp³-hybridized carbons (Fsp3) is 0.500. The normalized spacial score (nSPS) is 13.3. The molecule has 0 heterocycles. The van der Waals surface area contributed by atoms with E-state index < -0.39 is 0 Å². The highest BCUT2D eigenvalue weighted by Crippen LogP contribution is 2.25. The summed E-state index contributed by atoms with van der Waals surface area (Å²) in [5.41, 5.74) is 2.68. The Morgan fingerprint density at radius 1 is 1.31 bits per heavy atom. The summed E-state index contributed by atoms with van der Waals surface area (Å²) < 4.78 is 0. The first kappa shape index (κ1) is 10.6. The molecule has 0 spiro atoms. The highest BCUT2D eigenvalue weighted by Gasteiger charge is 2.13. The molecule has 0 aliphatic carbocycles. The summed E-state index contributed by atoms with van der Waals surface area (Å²) in [6.07, 6.45) is 0. The lowest BCUT2D eigenvalue weighted by atomic mass is 9.89. The van der Waals surface area contributed by atoms with Crippen LogP contribution in [0.4, 0.5) is 0 Å². The van der Waals surface area contributed by atoms with Gasteiger partial charge in [0.2, 0.25) is 0 Å². The minimum atomic E-state index is 0.488. The molecule has 0 aromatic heterocycles. The largest absolute Gasteiger partial charge is 0.126 e. The smallest absolute Gasteiger partial charge is 0.0294 e. The SMILES string of the molecule is Cc1cccc(C(CCl)C(C)C)c1. The number of halogens is 1. The zero-order valence-corrected chi connectivity index (χ0v) is 9.31. The van der Waals surface area contributed by atoms with Gasteiger partial charge in [-0.1, -0.05) is 43.7 Å². The number of aryl methyl sites for hydroxylation is 1. The van der Waals surface area contributed by atoms with E-state index in [4.69, 9.17) is 11.6 Å². The van der Waals surface area contributed by atoms with Crippen LogP contribution in [0.1, 0.15) is 30.9 Å². The van der Waals surface area contributed by atoms with Crippen LogP contribution in [0, 0.1) is 12.8 Å². The van der Waals surface area contributed by atoms with Gasteiger partial charge >= 0.3 is 0 Å². The van der Waals surface area contributed by atoms with Crippen molar-refractivity contribution in [1.29, 1.82) is 0 Å². The molecule has 0 saturated heterocycles. The molecule has 1 unspecified atom stereocenters. The molecule has 1 rings (SSSR count). The number of alkyl halides is 1. The Balaban J connectivity index is 2.91. The second-order valence-corrected chi connectivity index (χ2v) is 4.23. The van der Waals surface area contributed by atoms with E-state index in [1.54, 1.807) is 0 Å². The summed E-state index contributed by atoms with van der Waals surface area (Å²) in [6.45, 7) is 6.56. The molecule has 0 radical (unpaired) electrons. The van der Waals surface area contributed by atoms with Crippen LogP contribution in [-0.4, -0.2) is 5.88 Å². The fourth-order valence-corrected chi connectivity index (χ4v) is 2.09. The van der Waals surface area contributed by atoms with Crippen molar-refractivity contribution in [2.75, 3.05) is 5.88 Å². The van der Waals surface area contributed by atoms with Crippen LogP contribution in [0.3, 0.4) is 0 Å². The first-order valence-electron chi connectivity index (χ1n) is 4.77. The van der Waals surface area contributed by atoms with Crippen LogP contribution in [-0.2, 0) is 0 Å². The molecular formula is C12H17Cl. The lowest BCUT2D eigenvalue weighted by Crippen LogP contribution is -2.08. The molecule has 1 heteroatoms. The first-order valence-corrected chi connectivity index (χ1v) is 5.31. The second-order valence-electron chi connectivity index (χ2n) is 3.92. The average molecular weight is 197 g/mol. The minimum Gasteiger partial charge on any atom is -0.126 e. The van der Waals surface area contributed by atoms with Gasteiger partial charge in [-0.05, 0) is 24.3 Å². The Bertz CT molecular complexity index is 266. The number of hydrogen-bond acceptors (Lipinski definition) is 0. The van der Waals surface area contributed by atoms with E-state index in [0.717, 1.165) is 0 Å². The maximum absolute atomic E-state index is 5.95. The molecule has 1 atom stereocenters. The van der Waals surface area contributed by atoms with Crippen molar-refractivity contribution in [3.05, 3.63) is 35.4 Å². The molecule has 0 N–H and O–H groups in total. The standard InChI is InChI=1S/C12H17Cl/c1-9(2)12(8-13)11-6-4-5-10(3)7-11/h4-7,9,12H,8H2,1-3H3. The summed E-state index contributed by atoms with van der Waals surface area (Å²) in [6, 6.07) is 8.62. The van der Waals surface area contributed by atoms with Gasteiger partial charge in [-0.15, -0.1) is 11.6 Å². The lowest BCUT2D eigenvalue weighted by Gasteiger charge is -2.18. The Morgan fingerprint density at radius 3 is 2.46 bits per heavy atom. The van der Waals surface area contributed by atoms with E-state index in [0.29, 0.717) is 17.7 Å². The maximum atomic E-state index is 5.95. The lowest BCUT2D eigenvalue weighted by molar-refractivity contribution is 0.539. The van der Waals surface area contributed by atoms with Gasteiger partial charge in [0.25, 0.3) is 0 Å². The van der Waals surface area contributed by atoms with E-state index in [-0.39, 0.29) is 0 Å². The zero-order valence-electron chi connectivity index (χ0n) is 8.55. The summed E-state index contributed by atoms with van der Waals surface area (Å²) in [5, 5.41) is 0. The van der Waals surface area contributed by atoms with Gasteiger partial charge in [-0.2, -0.15) is 0 Å². The molecule has 0 aliphatic rings. The molecule has 0 saturated carbocycles. The molecule has 0 amide bonds. The fourth-order valence-electron chi connectivity index (χ4n) is 1.55. The monoisotopic (exact) mass is 196 g/mol. The van der Waals surface area contributed by atoms with E-state index in [9.17, 15) is 0 Å². The van der Waals surface area contributed by atoms with Gasteiger partial charge in [0.05, 0.1) is 0 Å². The summed E-state index contributed by atoms with van der Waals surface area (Å²) in [4.78, 5) is 0. The van der Waals surface area contributed by atoms with Crippen molar-refractivity contribution >= 4 is 11.6 Å². The third-order valence-electron chi connectivity index (χ3n) is 2.44. The Morgan fingerprint density at radius 2 is 2.00 bits per heavy atom. The van der Waals surface area contributed by atoms with Crippen molar-refractivity contribution in [2.24, 2.45) is 5.92 Å². The number of benzene rings is 1. The molecular weight excluding hydrogens is 180 g/mol. The molecule has 1 aromatic carbocycles. The van der Waals surface area contributed by atoms with Gasteiger partial charge in [-0.3, -0.25) is 0 Å². The van der Waals surface area contributed by atoms with Crippen LogP contribution in [0.15, 0.2) is 24.3 Å². The highest BCUT2D eigenvalue weighted by molar-refractivity contribution is 6.18. The second kappa shape index (κ2) is 4.66. The predicted octanol–water partition coefficient (Wildman–Crippen LogP) is 3.97. The minimum absolute atomic E-state index is 0.488. The highest BCUT2D eigenvalue weighted by atomic mass is 35.5. The topological polar surface area (TPSA) is 0 Å². The quantitative estimate of drug-likeness (QED) is 0.642. The van der Waals surface area contributed by atoms with Gasteiger partial charge < -0.3 is 0 Å². The molecule has 72 valence electrons. The van der Waals surface area contributed by atoms with Crippen LogP contribution < -0.4 is 0 Å². The van der Waals surface area contributed by atoms with Crippen LogP contribution >= 0.6 is 11.6 Å². The third-order valence-corrected chi connectivity index (χ3v) is 2.77. The van der Waals surface area contributed by atoms with E-state index in [1.165, 1.54) is 11.1 Å². The summed E-state index contributed by atoms with van der Waals surface area (Å²) in [7, 11) is 0. The Hall–Kier alpha value is -0.490. The van der Waals surface area contributed by atoms with Crippen molar-refractivity contribution in [3.63, 3.8) is 0 Å². The molecule has 0 bridgehead atoms. The van der Waals surface area contributed by atoms with Gasteiger partial charge in [0.1, 0.15) is 0 Å². The molecule has 13 heavy (non-hydrogen) atoms. The van der Waals surface area contributed by atoms with Crippen molar-refractivity contribution in [1.82, 2.24) is 0 Å². The maximum Gasteiger partial charge on any atom is 0.0294 e. The predicted molar refractivity (Wildman–Crippen MR) is 59.5 cm³/mol. The zero-order chi connectivity index (χ0) is 9.84. The van der Waals surface area contributed by atoms with Crippen molar-refractivity contribution in [3.8, 4) is 0 Å². The number of rotatable bonds is 3. The van der Waals surface area contributed by atoms with E-state index >= 15 is 0 Å². The van der Waals surface area contributed by atoms with E-state index in [1.807, 2.05) is 0 Å². The van der Waals surface area contributed by atoms with Gasteiger partial charge in [-0.25, -0.2) is 0 Å². The van der Waals surface area contributed by atoms with Crippen LogP contribution in [0.25, 0.3) is 0 Å². The van der Waals surface area contributed by atoms with Crippen molar-refractivity contribution in [2.45, 2.75) is 26.7 Å². The van der Waals surface area contributed by atoms with Crippen LogP contribution in [0.2, 0.25) is 0 Å². The third kappa shape index (κ3) is 2.73. The Labute approximate surface area is 85.9 Å². The van der Waals surface area contributed by atoms with Crippen molar-refractivity contribution < 1.29 is 0 Å². The molecule has 0 nitrogen and oxygen atoms in total. The average Bonchev–Trinajstić information content (AvgIpc) is 2.04.